The minimum atomic E-state index is -0.496. The summed E-state index contributed by atoms with van der Waals surface area (Å²) in [5.41, 5.74) is 0.748. The third-order valence-electron chi connectivity index (χ3n) is 6.93. The van der Waals surface area contributed by atoms with E-state index in [1.165, 1.54) is 10.6 Å². The molecule has 2 aliphatic heterocycles. The fraction of sp³-hybridized carbons (Fsp3) is 0.429. The largest absolute Gasteiger partial charge is 0.487 e. The summed E-state index contributed by atoms with van der Waals surface area (Å²) in [5.74, 6) is 1.33. The Morgan fingerprint density at radius 2 is 1.87 bits per heavy atom. The van der Waals surface area contributed by atoms with Gasteiger partial charge in [-0.3, -0.25) is 14.3 Å². The van der Waals surface area contributed by atoms with Crippen LogP contribution < -0.4 is 15.2 Å². The average molecular weight is 538 g/mol. The summed E-state index contributed by atoms with van der Waals surface area (Å²) in [4.78, 5) is 38.2. The van der Waals surface area contributed by atoms with Crippen LogP contribution in [0.2, 0.25) is 5.02 Å². The lowest BCUT2D eigenvalue weighted by Gasteiger charge is -2.27. The number of rotatable bonds is 5. The van der Waals surface area contributed by atoms with E-state index in [9.17, 15) is 9.59 Å². The molecular formula is C28H32ClN5O4. The summed E-state index contributed by atoms with van der Waals surface area (Å²) in [5, 5.41) is 0.559. The Kier molecular flexibility index (Phi) is 7.05. The first kappa shape index (κ1) is 26.0. The number of likely N-dealkylation sites (tertiary alicyclic amines) is 1. The van der Waals surface area contributed by atoms with E-state index >= 15 is 0 Å². The molecule has 3 aromatic rings. The summed E-state index contributed by atoms with van der Waals surface area (Å²) in [6, 6.07) is 10.6. The maximum atomic E-state index is 12.7. The molecule has 1 atom stereocenters. The van der Waals surface area contributed by atoms with Gasteiger partial charge in [-0.15, -0.1) is 0 Å². The summed E-state index contributed by atoms with van der Waals surface area (Å²) < 4.78 is 12.8. The molecule has 1 unspecified atom stereocenters. The second-order valence-corrected chi connectivity index (χ2v) is 11.5. The van der Waals surface area contributed by atoms with Crippen molar-refractivity contribution in [1.29, 1.82) is 0 Å². The van der Waals surface area contributed by atoms with Crippen molar-refractivity contribution < 1.29 is 14.3 Å². The Morgan fingerprint density at radius 3 is 2.55 bits per heavy atom. The number of amides is 1. The zero-order valence-electron chi connectivity index (χ0n) is 21.9. The normalized spacial score (nSPS) is 19.3. The SMILES string of the molecule is CC(C)(C)OC(=O)N1CCC2(CCN(c3ccc(-n4ccc(OCc5ccc(Cl)cn5)cc4=O)cn3)C2)C1. The number of anilines is 1. The molecule has 0 aliphatic carbocycles. The van der Waals surface area contributed by atoms with Crippen LogP contribution in [0.4, 0.5) is 10.6 Å². The van der Waals surface area contributed by atoms with E-state index in [0.29, 0.717) is 29.5 Å². The maximum Gasteiger partial charge on any atom is 0.410 e. The van der Waals surface area contributed by atoms with Gasteiger partial charge in [-0.1, -0.05) is 11.6 Å². The minimum absolute atomic E-state index is 0.0611. The number of halogens is 1. The van der Waals surface area contributed by atoms with Crippen LogP contribution in [-0.4, -0.2) is 57.3 Å². The van der Waals surface area contributed by atoms with Gasteiger partial charge in [0.25, 0.3) is 5.56 Å². The number of hydrogen-bond acceptors (Lipinski definition) is 7. The molecule has 5 heterocycles. The number of pyridine rings is 3. The summed E-state index contributed by atoms with van der Waals surface area (Å²) in [6.07, 6.45) is 6.67. The fourth-order valence-electron chi connectivity index (χ4n) is 5.00. The van der Waals surface area contributed by atoms with Gasteiger partial charge in [0.15, 0.2) is 0 Å². The van der Waals surface area contributed by atoms with Crippen LogP contribution in [-0.2, 0) is 11.3 Å². The first-order valence-corrected chi connectivity index (χ1v) is 13.1. The lowest BCUT2D eigenvalue weighted by molar-refractivity contribution is 0.0276. The highest BCUT2D eigenvalue weighted by atomic mass is 35.5. The Balaban J connectivity index is 1.20. The monoisotopic (exact) mass is 537 g/mol. The van der Waals surface area contributed by atoms with Gasteiger partial charge >= 0.3 is 6.09 Å². The number of carbonyl (C=O) groups is 1. The second-order valence-electron chi connectivity index (χ2n) is 11.0. The minimum Gasteiger partial charge on any atom is -0.487 e. The molecule has 3 aromatic heterocycles. The molecule has 9 nitrogen and oxygen atoms in total. The first-order chi connectivity index (χ1) is 18.1. The number of carbonyl (C=O) groups excluding carboxylic acids is 1. The molecule has 0 aromatic carbocycles. The summed E-state index contributed by atoms with van der Waals surface area (Å²) in [6.45, 7) is 9.04. The van der Waals surface area contributed by atoms with Gasteiger partial charge in [0.2, 0.25) is 0 Å². The lowest BCUT2D eigenvalue weighted by Crippen LogP contribution is -2.37. The van der Waals surface area contributed by atoms with E-state index < -0.39 is 5.60 Å². The average Bonchev–Trinajstić information content (AvgIpc) is 3.50. The zero-order valence-corrected chi connectivity index (χ0v) is 22.6. The van der Waals surface area contributed by atoms with E-state index in [2.05, 4.69) is 14.9 Å². The van der Waals surface area contributed by atoms with E-state index in [4.69, 9.17) is 21.1 Å². The highest BCUT2D eigenvalue weighted by Gasteiger charge is 2.45. The fourth-order valence-corrected chi connectivity index (χ4v) is 5.11. The van der Waals surface area contributed by atoms with Crippen molar-refractivity contribution in [3.05, 3.63) is 76.1 Å². The third kappa shape index (κ3) is 5.93. The van der Waals surface area contributed by atoms with Crippen molar-refractivity contribution in [3.8, 4) is 11.4 Å². The first-order valence-electron chi connectivity index (χ1n) is 12.7. The predicted octanol–water partition coefficient (Wildman–Crippen LogP) is 4.70. The molecular weight excluding hydrogens is 506 g/mol. The van der Waals surface area contributed by atoms with Gasteiger partial charge in [-0.25, -0.2) is 9.78 Å². The molecule has 2 saturated heterocycles. The lowest BCUT2D eigenvalue weighted by atomic mass is 9.86. The maximum absolute atomic E-state index is 12.7. The zero-order chi connectivity index (χ0) is 26.9. The molecule has 1 amide bonds. The molecule has 5 rings (SSSR count). The van der Waals surface area contributed by atoms with Crippen molar-refractivity contribution in [3.63, 3.8) is 0 Å². The van der Waals surface area contributed by atoms with Crippen molar-refractivity contribution >= 4 is 23.5 Å². The van der Waals surface area contributed by atoms with Crippen molar-refractivity contribution in [2.75, 3.05) is 31.1 Å². The Morgan fingerprint density at radius 1 is 1.05 bits per heavy atom. The highest BCUT2D eigenvalue weighted by Crippen LogP contribution is 2.41. The van der Waals surface area contributed by atoms with Crippen molar-refractivity contribution in [2.24, 2.45) is 5.41 Å². The highest BCUT2D eigenvalue weighted by molar-refractivity contribution is 6.30. The van der Waals surface area contributed by atoms with Crippen LogP contribution in [0.15, 0.2) is 59.8 Å². The van der Waals surface area contributed by atoms with Crippen LogP contribution >= 0.6 is 11.6 Å². The molecule has 38 heavy (non-hydrogen) atoms. The van der Waals surface area contributed by atoms with E-state index in [0.717, 1.165) is 37.4 Å². The topological polar surface area (TPSA) is 89.8 Å². The van der Waals surface area contributed by atoms with Gasteiger partial charge in [-0.2, -0.15) is 0 Å². The number of ether oxygens (including phenoxy) is 2. The van der Waals surface area contributed by atoms with E-state index in [1.54, 1.807) is 36.8 Å². The Hall–Kier alpha value is -3.59. The van der Waals surface area contributed by atoms with Crippen molar-refractivity contribution in [2.45, 2.75) is 45.8 Å². The molecule has 0 saturated carbocycles. The molecule has 200 valence electrons. The Bertz CT molecular complexity index is 1350. The van der Waals surface area contributed by atoms with E-state index in [1.807, 2.05) is 37.8 Å². The number of aromatic nitrogens is 3. The van der Waals surface area contributed by atoms with Gasteiger partial charge in [0.05, 0.1) is 22.6 Å². The molecule has 0 N–H and O–H groups in total. The standard InChI is InChI=1S/C28H32ClN5O4/c1-27(2,3)38-26(36)33-13-10-28(19-33)9-12-32(18-28)24-7-6-22(16-31-24)34-11-8-23(14-25(34)35)37-17-21-5-4-20(29)15-30-21/h4-8,11,14-16H,9-10,12-13,17-19H2,1-3H3. The number of nitrogens with zero attached hydrogens (tertiary/aromatic N) is 5. The van der Waals surface area contributed by atoms with E-state index in [-0.39, 0.29) is 23.7 Å². The predicted molar refractivity (Wildman–Crippen MR) is 145 cm³/mol. The molecule has 2 fully saturated rings. The summed E-state index contributed by atoms with van der Waals surface area (Å²) in [7, 11) is 0. The molecule has 10 heteroatoms. The molecule has 0 radical (unpaired) electrons. The second kappa shape index (κ2) is 10.3. The van der Waals surface area contributed by atoms with Crippen LogP contribution in [0.1, 0.15) is 39.3 Å². The Labute approximate surface area is 227 Å². The van der Waals surface area contributed by atoms with Gasteiger partial charge < -0.3 is 19.3 Å². The molecule has 2 aliphatic rings. The smallest absolute Gasteiger partial charge is 0.410 e. The van der Waals surface area contributed by atoms with Gasteiger partial charge in [0.1, 0.15) is 23.8 Å². The van der Waals surface area contributed by atoms with Crippen LogP contribution in [0.3, 0.4) is 0 Å². The van der Waals surface area contributed by atoms with Gasteiger partial charge in [-0.05, 0) is 63.9 Å². The van der Waals surface area contributed by atoms with Gasteiger partial charge in [0, 0.05) is 50.1 Å². The summed E-state index contributed by atoms with van der Waals surface area (Å²) >= 11 is 5.86. The van der Waals surface area contributed by atoms with Crippen LogP contribution in [0.25, 0.3) is 5.69 Å². The van der Waals surface area contributed by atoms with Crippen LogP contribution in [0, 0.1) is 5.41 Å². The third-order valence-corrected chi connectivity index (χ3v) is 7.15. The number of hydrogen-bond donors (Lipinski definition) is 0. The molecule has 1 spiro atoms. The molecule has 0 bridgehead atoms. The van der Waals surface area contributed by atoms with Crippen molar-refractivity contribution in [1.82, 2.24) is 19.4 Å². The van der Waals surface area contributed by atoms with Crippen LogP contribution in [0.5, 0.6) is 5.75 Å². The quantitative estimate of drug-likeness (QED) is 0.466.